The van der Waals surface area contributed by atoms with Crippen LogP contribution in [0, 0.1) is 11.8 Å². The first-order chi connectivity index (χ1) is 14.1. The Bertz CT molecular complexity index is 773. The molecule has 0 bridgehead atoms. The Labute approximate surface area is 171 Å². The Morgan fingerprint density at radius 2 is 1.90 bits per heavy atom. The number of rotatable bonds is 8. The van der Waals surface area contributed by atoms with Crippen LogP contribution in [0.4, 0.5) is 5.69 Å². The quantitative estimate of drug-likeness (QED) is 0.622. The lowest BCUT2D eigenvalue weighted by Crippen LogP contribution is -2.45. The Balaban J connectivity index is 1.25. The molecular formula is C22H30N4O3. The molecule has 1 aromatic rings. The number of benzene rings is 1. The van der Waals surface area contributed by atoms with Crippen molar-refractivity contribution in [3.63, 3.8) is 0 Å². The van der Waals surface area contributed by atoms with Crippen molar-refractivity contribution >= 4 is 23.4 Å². The maximum Gasteiger partial charge on any atom is 0.251 e. The number of carbonyl (C=O) groups excluding carboxylic acids is 3. The number of nitrogens with zero attached hydrogens (tertiary/aromatic N) is 1. The first-order valence-electron chi connectivity index (χ1n) is 10.8. The minimum Gasteiger partial charge on any atom is -0.356 e. The highest BCUT2D eigenvalue weighted by Gasteiger charge is 2.29. The van der Waals surface area contributed by atoms with Crippen LogP contribution >= 0.6 is 0 Å². The van der Waals surface area contributed by atoms with E-state index in [0.717, 1.165) is 38.8 Å². The van der Waals surface area contributed by atoms with Gasteiger partial charge in [-0.1, -0.05) is 6.07 Å². The van der Waals surface area contributed by atoms with E-state index < -0.39 is 0 Å². The first kappa shape index (κ1) is 19.9. The first-order valence-corrected chi connectivity index (χ1v) is 10.8. The van der Waals surface area contributed by atoms with Gasteiger partial charge in [0.05, 0.1) is 12.5 Å². The van der Waals surface area contributed by atoms with Crippen LogP contribution in [0.5, 0.6) is 0 Å². The lowest BCUT2D eigenvalue weighted by molar-refractivity contribution is -0.128. The summed E-state index contributed by atoms with van der Waals surface area (Å²) in [6.45, 7) is 2.49. The van der Waals surface area contributed by atoms with Gasteiger partial charge in [-0.3, -0.25) is 19.3 Å². The molecule has 3 aliphatic rings. The summed E-state index contributed by atoms with van der Waals surface area (Å²) in [5, 5.41) is 8.90. The van der Waals surface area contributed by atoms with Gasteiger partial charge in [0.2, 0.25) is 11.8 Å². The van der Waals surface area contributed by atoms with E-state index >= 15 is 0 Å². The topological polar surface area (TPSA) is 90.5 Å². The van der Waals surface area contributed by atoms with Gasteiger partial charge in [0.1, 0.15) is 0 Å². The van der Waals surface area contributed by atoms with Gasteiger partial charge in [-0.25, -0.2) is 0 Å². The van der Waals surface area contributed by atoms with Crippen molar-refractivity contribution < 1.29 is 14.4 Å². The second-order valence-corrected chi connectivity index (χ2v) is 8.64. The fourth-order valence-electron chi connectivity index (χ4n) is 3.76. The summed E-state index contributed by atoms with van der Waals surface area (Å²) in [5.41, 5.74) is 1.18. The molecule has 2 aliphatic carbocycles. The van der Waals surface area contributed by atoms with Crippen molar-refractivity contribution in [1.82, 2.24) is 15.5 Å². The van der Waals surface area contributed by atoms with Crippen LogP contribution in [-0.4, -0.2) is 54.8 Å². The number of amides is 3. The SMILES string of the molecule is O=C(CN1CCCC(C(=O)NCC2CC2)C1)Nc1cccc(C(=O)NC2CC2)c1. The molecule has 4 rings (SSSR count). The monoisotopic (exact) mass is 398 g/mol. The minimum atomic E-state index is -0.121. The number of likely N-dealkylation sites (tertiary alicyclic amines) is 1. The molecule has 0 radical (unpaired) electrons. The molecule has 3 fully saturated rings. The smallest absolute Gasteiger partial charge is 0.251 e. The second-order valence-electron chi connectivity index (χ2n) is 8.64. The Morgan fingerprint density at radius 3 is 2.66 bits per heavy atom. The van der Waals surface area contributed by atoms with Gasteiger partial charge >= 0.3 is 0 Å². The molecule has 1 unspecified atom stereocenters. The Hall–Kier alpha value is -2.41. The van der Waals surface area contributed by atoms with Crippen molar-refractivity contribution in [3.05, 3.63) is 29.8 Å². The highest BCUT2D eigenvalue weighted by atomic mass is 16.2. The van der Waals surface area contributed by atoms with E-state index in [1.807, 2.05) is 4.90 Å². The van der Waals surface area contributed by atoms with Gasteiger partial charge < -0.3 is 16.0 Å². The fourth-order valence-corrected chi connectivity index (χ4v) is 3.76. The van der Waals surface area contributed by atoms with Crippen LogP contribution < -0.4 is 16.0 Å². The van der Waals surface area contributed by atoms with Gasteiger partial charge in [0.15, 0.2) is 0 Å². The summed E-state index contributed by atoms with van der Waals surface area (Å²) in [6, 6.07) is 7.33. The van der Waals surface area contributed by atoms with Crippen molar-refractivity contribution in [2.24, 2.45) is 11.8 Å². The molecule has 7 heteroatoms. The van der Waals surface area contributed by atoms with Crippen molar-refractivity contribution in [2.45, 2.75) is 44.6 Å². The van der Waals surface area contributed by atoms with E-state index in [0.29, 0.717) is 29.8 Å². The van der Waals surface area contributed by atoms with Crippen LogP contribution in [-0.2, 0) is 9.59 Å². The molecule has 1 saturated heterocycles. The van der Waals surface area contributed by atoms with Gasteiger partial charge in [-0.05, 0) is 69.2 Å². The molecule has 1 atom stereocenters. The fraction of sp³-hybridized carbons (Fsp3) is 0.591. The molecule has 1 aromatic carbocycles. The summed E-state index contributed by atoms with van der Waals surface area (Å²) < 4.78 is 0. The molecule has 0 spiro atoms. The third kappa shape index (κ3) is 6.03. The van der Waals surface area contributed by atoms with E-state index in [1.165, 1.54) is 12.8 Å². The number of hydrogen-bond acceptors (Lipinski definition) is 4. The van der Waals surface area contributed by atoms with Crippen LogP contribution in [0.3, 0.4) is 0 Å². The van der Waals surface area contributed by atoms with Crippen molar-refractivity contribution in [2.75, 3.05) is 31.5 Å². The normalized spacial score (nSPS) is 22.0. The lowest BCUT2D eigenvalue weighted by atomic mass is 9.97. The zero-order chi connectivity index (χ0) is 20.2. The maximum absolute atomic E-state index is 12.5. The molecule has 156 valence electrons. The average molecular weight is 399 g/mol. The van der Waals surface area contributed by atoms with E-state index in [2.05, 4.69) is 16.0 Å². The van der Waals surface area contributed by atoms with Crippen LogP contribution in [0.2, 0.25) is 0 Å². The van der Waals surface area contributed by atoms with Crippen LogP contribution in [0.25, 0.3) is 0 Å². The predicted molar refractivity (Wildman–Crippen MR) is 110 cm³/mol. The number of nitrogens with one attached hydrogen (secondary N) is 3. The molecule has 7 nitrogen and oxygen atoms in total. The van der Waals surface area contributed by atoms with E-state index in [4.69, 9.17) is 0 Å². The molecule has 3 N–H and O–H groups in total. The Kier molecular flexibility index (Phi) is 6.13. The third-order valence-corrected chi connectivity index (χ3v) is 5.83. The summed E-state index contributed by atoms with van der Waals surface area (Å²) in [7, 11) is 0. The van der Waals surface area contributed by atoms with Crippen molar-refractivity contribution in [3.8, 4) is 0 Å². The van der Waals surface area contributed by atoms with Crippen molar-refractivity contribution in [1.29, 1.82) is 0 Å². The highest BCUT2D eigenvalue weighted by Crippen LogP contribution is 2.28. The maximum atomic E-state index is 12.5. The predicted octanol–water partition coefficient (Wildman–Crippen LogP) is 1.76. The second kappa shape index (κ2) is 8.95. The molecule has 1 heterocycles. The van der Waals surface area contributed by atoms with Gasteiger partial charge in [-0.2, -0.15) is 0 Å². The van der Waals surface area contributed by atoms with Gasteiger partial charge in [0.25, 0.3) is 5.91 Å². The molecule has 2 saturated carbocycles. The average Bonchev–Trinajstić information content (AvgIpc) is 3.62. The van der Waals surface area contributed by atoms with Crippen LogP contribution in [0.1, 0.15) is 48.9 Å². The van der Waals surface area contributed by atoms with E-state index in [-0.39, 0.29) is 30.2 Å². The number of carbonyl (C=O) groups is 3. The molecule has 1 aliphatic heterocycles. The summed E-state index contributed by atoms with van der Waals surface area (Å²) >= 11 is 0. The Morgan fingerprint density at radius 1 is 1.07 bits per heavy atom. The zero-order valence-electron chi connectivity index (χ0n) is 16.8. The van der Waals surface area contributed by atoms with Crippen LogP contribution in [0.15, 0.2) is 24.3 Å². The summed E-state index contributed by atoms with van der Waals surface area (Å²) in [6.07, 6.45) is 6.33. The summed E-state index contributed by atoms with van der Waals surface area (Å²) in [4.78, 5) is 39.1. The third-order valence-electron chi connectivity index (χ3n) is 5.83. The van der Waals surface area contributed by atoms with Gasteiger partial charge in [-0.15, -0.1) is 0 Å². The minimum absolute atomic E-state index is 0.0373. The molecule has 3 amide bonds. The van der Waals surface area contributed by atoms with Gasteiger partial charge in [0, 0.05) is 30.4 Å². The van der Waals surface area contributed by atoms with E-state index in [1.54, 1.807) is 24.3 Å². The number of hydrogen-bond donors (Lipinski definition) is 3. The largest absolute Gasteiger partial charge is 0.356 e. The molecule has 29 heavy (non-hydrogen) atoms. The molecule has 0 aromatic heterocycles. The number of piperidine rings is 1. The zero-order valence-corrected chi connectivity index (χ0v) is 16.8. The number of anilines is 1. The standard InChI is InChI=1S/C22H30N4O3/c27-20(24-19-5-1-3-16(11-19)22(29)25-18-8-9-18)14-26-10-2-4-17(13-26)21(28)23-12-15-6-7-15/h1,3,5,11,15,17-18H,2,4,6-10,12-14H2,(H,23,28)(H,24,27)(H,25,29). The summed E-state index contributed by atoms with van der Waals surface area (Å²) in [5.74, 6) is 0.538. The molecular weight excluding hydrogens is 368 g/mol. The highest BCUT2D eigenvalue weighted by molar-refractivity contribution is 5.97. The lowest BCUT2D eigenvalue weighted by Gasteiger charge is -2.31. The van der Waals surface area contributed by atoms with E-state index in [9.17, 15) is 14.4 Å².